The van der Waals surface area contributed by atoms with E-state index in [1.54, 1.807) is 16.8 Å². The number of thiazole rings is 1. The van der Waals surface area contributed by atoms with Crippen molar-refractivity contribution in [2.45, 2.75) is 39.3 Å². The lowest BCUT2D eigenvalue weighted by molar-refractivity contribution is -0.140. The van der Waals surface area contributed by atoms with Crippen LogP contribution in [0.1, 0.15) is 40.0 Å². The average Bonchev–Trinajstić information content (AvgIpc) is 3.00. The summed E-state index contributed by atoms with van der Waals surface area (Å²) in [6.07, 6.45) is 1.82. The fourth-order valence-electron chi connectivity index (χ4n) is 3.96. The summed E-state index contributed by atoms with van der Waals surface area (Å²) in [4.78, 5) is 34.1. The SMILES string of the molecule is Cc1ccc(C(=O)N2C[C@H]3CC[C@@H](C2)N(Cc2cscn2)C3=O)cc1C. The third-order valence-electron chi connectivity index (χ3n) is 5.65. The van der Waals surface area contributed by atoms with Crippen LogP contribution in [-0.4, -0.2) is 45.7 Å². The minimum atomic E-state index is -0.0946. The van der Waals surface area contributed by atoms with Crippen LogP contribution in [0.5, 0.6) is 0 Å². The van der Waals surface area contributed by atoms with Gasteiger partial charge in [-0.2, -0.15) is 0 Å². The third kappa shape index (κ3) is 3.14. The summed E-state index contributed by atoms with van der Waals surface area (Å²) in [6, 6.07) is 5.93. The molecule has 0 aliphatic carbocycles. The normalized spacial score (nSPS) is 22.6. The van der Waals surface area contributed by atoms with Crippen molar-refractivity contribution in [1.82, 2.24) is 14.8 Å². The Morgan fingerprint density at radius 1 is 1.23 bits per heavy atom. The second-order valence-corrected chi connectivity index (χ2v) is 8.10. The molecule has 2 aromatic rings. The number of amides is 2. The maximum atomic E-state index is 13.1. The Kier molecular flexibility index (Phi) is 4.53. The molecule has 2 amide bonds. The van der Waals surface area contributed by atoms with Gasteiger partial charge in [0.15, 0.2) is 0 Å². The first-order valence-electron chi connectivity index (χ1n) is 9.07. The van der Waals surface area contributed by atoms with E-state index in [1.807, 2.05) is 47.2 Å². The number of benzene rings is 1. The molecule has 5 rings (SSSR count). The third-order valence-corrected chi connectivity index (χ3v) is 6.29. The maximum Gasteiger partial charge on any atom is 0.253 e. The molecule has 4 heterocycles. The van der Waals surface area contributed by atoms with Crippen LogP contribution in [0.2, 0.25) is 0 Å². The van der Waals surface area contributed by atoms with Crippen LogP contribution in [0.15, 0.2) is 29.1 Å². The Morgan fingerprint density at radius 3 is 2.81 bits per heavy atom. The summed E-state index contributed by atoms with van der Waals surface area (Å²) < 4.78 is 0. The minimum absolute atomic E-state index is 0.0355. The Morgan fingerprint density at radius 2 is 2.08 bits per heavy atom. The Bertz CT molecular complexity index is 834. The highest BCUT2D eigenvalue weighted by Gasteiger charge is 2.42. The lowest BCUT2D eigenvalue weighted by Gasteiger charge is -2.35. The monoisotopic (exact) mass is 369 g/mol. The van der Waals surface area contributed by atoms with E-state index in [-0.39, 0.29) is 23.8 Å². The van der Waals surface area contributed by atoms with Gasteiger partial charge in [-0.15, -0.1) is 11.3 Å². The van der Waals surface area contributed by atoms with Crippen molar-refractivity contribution >= 4 is 23.2 Å². The Balaban J connectivity index is 1.56. The number of piperidine rings is 1. The van der Waals surface area contributed by atoms with Gasteiger partial charge in [-0.25, -0.2) is 4.98 Å². The number of aromatic nitrogens is 1. The molecule has 5 nitrogen and oxygen atoms in total. The van der Waals surface area contributed by atoms with Crippen LogP contribution in [0, 0.1) is 19.8 Å². The highest BCUT2D eigenvalue weighted by molar-refractivity contribution is 7.07. The van der Waals surface area contributed by atoms with Gasteiger partial charge in [0, 0.05) is 30.1 Å². The number of carbonyl (C=O) groups excluding carboxylic acids is 2. The van der Waals surface area contributed by atoms with E-state index >= 15 is 0 Å². The van der Waals surface area contributed by atoms with E-state index in [0.717, 1.165) is 24.1 Å². The fourth-order valence-corrected chi connectivity index (χ4v) is 4.51. The van der Waals surface area contributed by atoms with Crippen LogP contribution in [0.4, 0.5) is 0 Å². The molecule has 26 heavy (non-hydrogen) atoms. The van der Waals surface area contributed by atoms with Crippen molar-refractivity contribution in [1.29, 1.82) is 0 Å². The second-order valence-electron chi connectivity index (χ2n) is 7.38. The molecule has 3 aliphatic heterocycles. The van der Waals surface area contributed by atoms with Crippen LogP contribution in [0.25, 0.3) is 0 Å². The minimum Gasteiger partial charge on any atom is -0.336 e. The predicted octanol–water partition coefficient (Wildman–Crippen LogP) is 3.02. The van der Waals surface area contributed by atoms with Crippen LogP contribution >= 0.6 is 11.3 Å². The molecule has 0 saturated carbocycles. The summed E-state index contributed by atoms with van der Waals surface area (Å²) >= 11 is 1.55. The molecule has 3 fully saturated rings. The second kappa shape index (κ2) is 6.83. The summed E-state index contributed by atoms with van der Waals surface area (Å²) in [5.74, 6) is 0.112. The first-order valence-corrected chi connectivity index (χ1v) is 10.0. The van der Waals surface area contributed by atoms with Crippen LogP contribution < -0.4 is 0 Å². The zero-order chi connectivity index (χ0) is 18.3. The quantitative estimate of drug-likeness (QED) is 0.836. The lowest BCUT2D eigenvalue weighted by Crippen LogP contribution is -2.47. The molecule has 3 aliphatic rings. The zero-order valence-corrected chi connectivity index (χ0v) is 16.0. The van der Waals surface area contributed by atoms with Crippen molar-refractivity contribution in [3.63, 3.8) is 0 Å². The molecule has 0 spiro atoms. The first-order chi connectivity index (χ1) is 12.5. The standard InChI is InChI=1S/C20H23N3O2S/c1-13-3-4-15(7-14(13)2)19(24)22-8-16-5-6-18(10-22)23(20(16)25)9-17-11-26-12-21-17/h3-4,7,11-12,16,18H,5-6,8-10H2,1-2H3/t16-,18+/m1/s1. The van der Waals surface area contributed by atoms with Crippen molar-refractivity contribution in [2.75, 3.05) is 13.1 Å². The maximum absolute atomic E-state index is 13.1. The number of hydrogen-bond acceptors (Lipinski definition) is 4. The molecule has 2 atom stereocenters. The average molecular weight is 369 g/mol. The molecular formula is C20H23N3O2S. The molecule has 136 valence electrons. The number of carbonyl (C=O) groups is 2. The summed E-state index contributed by atoms with van der Waals surface area (Å²) in [7, 11) is 0. The highest BCUT2D eigenvalue weighted by atomic mass is 32.1. The predicted molar refractivity (Wildman–Crippen MR) is 101 cm³/mol. The Hall–Kier alpha value is -2.21. The molecule has 0 unspecified atom stereocenters. The van der Waals surface area contributed by atoms with Gasteiger partial charge in [0.25, 0.3) is 5.91 Å². The summed E-state index contributed by atoms with van der Waals surface area (Å²) in [6.45, 7) is 5.75. The van der Waals surface area contributed by atoms with Crippen molar-refractivity contribution in [2.24, 2.45) is 5.92 Å². The summed E-state index contributed by atoms with van der Waals surface area (Å²) in [5.41, 5.74) is 5.75. The van der Waals surface area contributed by atoms with Crippen LogP contribution in [-0.2, 0) is 11.3 Å². The highest BCUT2D eigenvalue weighted by Crippen LogP contribution is 2.31. The van der Waals surface area contributed by atoms with E-state index in [1.165, 1.54) is 5.56 Å². The smallest absolute Gasteiger partial charge is 0.253 e. The summed E-state index contributed by atoms with van der Waals surface area (Å²) in [5, 5.41) is 1.99. The topological polar surface area (TPSA) is 53.5 Å². The van der Waals surface area contributed by atoms with Gasteiger partial charge < -0.3 is 9.80 Å². The molecule has 0 radical (unpaired) electrons. The molecule has 1 aromatic carbocycles. The van der Waals surface area contributed by atoms with Gasteiger partial charge in [0.2, 0.25) is 5.91 Å². The molecule has 1 aromatic heterocycles. The van der Waals surface area contributed by atoms with Gasteiger partial charge in [-0.05, 0) is 49.9 Å². The fraction of sp³-hybridized carbons (Fsp3) is 0.450. The Labute approximate surface area is 157 Å². The van der Waals surface area contributed by atoms with Gasteiger partial charge >= 0.3 is 0 Å². The van der Waals surface area contributed by atoms with Gasteiger partial charge in [0.05, 0.1) is 23.7 Å². The number of nitrogens with zero attached hydrogens (tertiary/aromatic N) is 3. The number of fused-ring (bicyclic) bond motifs is 4. The van der Waals surface area contributed by atoms with Crippen LogP contribution in [0.3, 0.4) is 0 Å². The first kappa shape index (κ1) is 17.2. The molecular weight excluding hydrogens is 346 g/mol. The van der Waals surface area contributed by atoms with E-state index in [9.17, 15) is 9.59 Å². The number of rotatable bonds is 3. The van der Waals surface area contributed by atoms with Crippen molar-refractivity contribution in [3.8, 4) is 0 Å². The largest absolute Gasteiger partial charge is 0.336 e. The molecule has 6 heteroatoms. The van der Waals surface area contributed by atoms with Gasteiger partial charge in [-0.3, -0.25) is 9.59 Å². The molecule has 0 N–H and O–H groups in total. The molecule has 3 saturated heterocycles. The molecule has 2 bridgehead atoms. The number of hydrogen-bond donors (Lipinski definition) is 0. The van der Waals surface area contributed by atoms with Crippen molar-refractivity contribution in [3.05, 3.63) is 51.5 Å². The number of aryl methyl sites for hydroxylation is 2. The van der Waals surface area contributed by atoms with E-state index in [4.69, 9.17) is 0 Å². The lowest BCUT2D eigenvalue weighted by atomic mass is 9.94. The van der Waals surface area contributed by atoms with Crippen molar-refractivity contribution < 1.29 is 9.59 Å². The zero-order valence-electron chi connectivity index (χ0n) is 15.1. The van der Waals surface area contributed by atoms with E-state index in [2.05, 4.69) is 4.98 Å². The van der Waals surface area contributed by atoms with Gasteiger partial charge in [0.1, 0.15) is 0 Å². The van der Waals surface area contributed by atoms with Gasteiger partial charge in [-0.1, -0.05) is 6.07 Å². The van der Waals surface area contributed by atoms with E-state index < -0.39 is 0 Å². The van der Waals surface area contributed by atoms with E-state index in [0.29, 0.717) is 25.2 Å².